The van der Waals surface area contributed by atoms with Crippen molar-refractivity contribution in [2.24, 2.45) is 0 Å². The Morgan fingerprint density at radius 1 is 1.38 bits per heavy atom. The van der Waals surface area contributed by atoms with E-state index in [1.165, 1.54) is 0 Å². The van der Waals surface area contributed by atoms with Crippen molar-refractivity contribution in [3.8, 4) is 5.75 Å². The van der Waals surface area contributed by atoms with Gasteiger partial charge in [0.2, 0.25) is 0 Å². The summed E-state index contributed by atoms with van der Waals surface area (Å²) in [6.07, 6.45) is 0.187. The van der Waals surface area contributed by atoms with Gasteiger partial charge in [-0.1, -0.05) is 5.02 Å². The van der Waals surface area contributed by atoms with Crippen LogP contribution < -0.4 is 21.7 Å². The second kappa shape index (κ2) is 7.91. The molecule has 0 saturated carbocycles. The molecule has 0 saturated heterocycles. The van der Waals surface area contributed by atoms with Crippen molar-refractivity contribution in [1.29, 1.82) is 0 Å². The Kier molecular flexibility index (Phi) is 9.74. The van der Waals surface area contributed by atoms with E-state index < -0.39 is 0 Å². The number of benzene rings is 1. The molecule has 0 aliphatic rings. The normalized spacial score (nSPS) is 8.62. The zero-order valence-electron chi connectivity index (χ0n) is 7.68. The van der Waals surface area contributed by atoms with Gasteiger partial charge in [-0.2, -0.15) is 23.7 Å². The molecule has 0 atom stereocenters. The van der Waals surface area contributed by atoms with E-state index in [1.54, 1.807) is 12.1 Å². The van der Waals surface area contributed by atoms with E-state index in [0.717, 1.165) is 5.75 Å². The second-order valence-corrected chi connectivity index (χ2v) is 2.97. The minimum atomic E-state index is 0. The van der Waals surface area contributed by atoms with Crippen LogP contribution in [0.4, 0.5) is 0 Å². The van der Waals surface area contributed by atoms with E-state index in [2.05, 4.69) is 6.07 Å². The fourth-order valence-corrected chi connectivity index (χ4v) is 0.836. The summed E-state index contributed by atoms with van der Waals surface area (Å²) in [7, 11) is 0. The Hall–Kier alpha value is 0.556. The molecule has 1 aromatic rings. The van der Waals surface area contributed by atoms with Crippen LogP contribution in [0.2, 0.25) is 5.02 Å². The fraction of sp³-hybridized carbons (Fsp3) is 0.333. The first-order valence-corrected chi connectivity index (χ1v) is 3.90. The molecule has 13 heavy (non-hydrogen) atoms. The van der Waals surface area contributed by atoms with Gasteiger partial charge in [0, 0.05) is 5.75 Å². The van der Waals surface area contributed by atoms with Gasteiger partial charge in [-0.3, -0.25) is 0 Å². The first kappa shape index (κ1) is 16.0. The minimum absolute atomic E-state index is 0. The predicted octanol–water partition coefficient (Wildman–Crippen LogP) is -0.449. The van der Waals surface area contributed by atoms with Crippen LogP contribution >= 0.6 is 11.6 Å². The predicted molar refractivity (Wildman–Crippen MR) is 51.8 cm³/mol. The molecule has 1 aromatic carbocycles. The summed E-state index contributed by atoms with van der Waals surface area (Å²) >= 11 is 5.66. The molecule has 4 heteroatoms. The quantitative estimate of drug-likeness (QED) is 0.524. The van der Waals surface area contributed by atoms with E-state index >= 15 is 0 Å². The number of hydrogen-bond donors (Lipinski definition) is 0. The Labute approximate surface area is 111 Å². The Morgan fingerprint density at radius 2 is 2.00 bits per heavy atom. The Morgan fingerprint density at radius 3 is 2.38 bits per heavy atom. The smallest absolute Gasteiger partial charge is 1.00 e. The van der Waals surface area contributed by atoms with Crippen molar-refractivity contribution >= 4 is 34.7 Å². The van der Waals surface area contributed by atoms with Gasteiger partial charge in [0.25, 0.3) is 0 Å². The first-order chi connectivity index (χ1) is 5.18. The molecule has 0 aliphatic carbocycles. The molecular weight excluding hydrogens is 264 g/mol. The van der Waals surface area contributed by atoms with Gasteiger partial charge in [0.15, 0.2) is 0 Å². The van der Waals surface area contributed by atoms with Crippen molar-refractivity contribution < 1.29 is 21.7 Å². The van der Waals surface area contributed by atoms with E-state index in [0.29, 0.717) is 5.02 Å². The van der Waals surface area contributed by atoms with Crippen molar-refractivity contribution in [1.82, 2.24) is 0 Å². The van der Waals surface area contributed by atoms with Crippen LogP contribution in [0.3, 0.4) is 0 Å². The van der Waals surface area contributed by atoms with Crippen LogP contribution in [0.5, 0.6) is 5.75 Å². The molecule has 0 aliphatic heterocycles. The van der Waals surface area contributed by atoms with Gasteiger partial charge in [-0.15, -0.1) is 12.1 Å². The molecule has 0 radical (unpaired) electrons. The molecule has 0 amide bonds. The maximum atomic E-state index is 5.66. The van der Waals surface area contributed by atoms with Gasteiger partial charge in [-0.25, -0.2) is 0 Å². The van der Waals surface area contributed by atoms with Gasteiger partial charge in [0.05, 0.1) is 6.10 Å². The van der Waals surface area contributed by atoms with Crippen molar-refractivity contribution in [2.75, 3.05) is 0 Å². The van der Waals surface area contributed by atoms with E-state index in [1.807, 2.05) is 19.9 Å². The summed E-state index contributed by atoms with van der Waals surface area (Å²) in [6.45, 7) is 3.95. The number of rotatable bonds is 2. The second-order valence-electron chi connectivity index (χ2n) is 2.54. The number of hydrogen-bond acceptors (Lipinski definition) is 1. The standard InChI is InChI=1S/C9H10ClO.BrH.Mg/c1-7(2)11-9-5-3-8(10)4-6-9;;/h3-5,7H,1-2H3;1H;/q-1;;+2/p-1. The van der Waals surface area contributed by atoms with Crippen molar-refractivity contribution in [2.45, 2.75) is 20.0 Å². The zero-order chi connectivity index (χ0) is 8.27. The molecular formula is C9H10BrClMgO. The van der Waals surface area contributed by atoms with Crippen molar-refractivity contribution in [3.05, 3.63) is 29.3 Å². The van der Waals surface area contributed by atoms with Crippen LogP contribution in [0.15, 0.2) is 18.2 Å². The summed E-state index contributed by atoms with van der Waals surface area (Å²) in [5.41, 5.74) is 0. The first-order valence-electron chi connectivity index (χ1n) is 3.52. The maximum absolute atomic E-state index is 5.66. The SMILES string of the molecule is CC(C)Oc1[c-]cc(Cl)cc1.[Br-].[Mg+2]. The van der Waals surface area contributed by atoms with Gasteiger partial charge < -0.3 is 21.7 Å². The van der Waals surface area contributed by atoms with Crippen LogP contribution in [-0.4, -0.2) is 29.2 Å². The molecule has 1 nitrogen and oxygen atoms in total. The largest absolute Gasteiger partial charge is 2.00 e. The third-order valence-corrected chi connectivity index (χ3v) is 1.34. The topological polar surface area (TPSA) is 9.23 Å². The Bertz CT molecular complexity index is 226. The number of ether oxygens (including phenoxy) is 1. The van der Waals surface area contributed by atoms with Crippen LogP contribution in [0, 0.1) is 6.07 Å². The number of halogens is 2. The molecule has 0 bridgehead atoms. The average Bonchev–Trinajstić information content (AvgIpc) is 1.93. The van der Waals surface area contributed by atoms with Crippen LogP contribution in [-0.2, 0) is 0 Å². The minimum Gasteiger partial charge on any atom is -1.00 e. The molecule has 68 valence electrons. The fourth-order valence-electron chi connectivity index (χ4n) is 0.719. The summed E-state index contributed by atoms with van der Waals surface area (Å²) in [5.74, 6) is 0.740. The van der Waals surface area contributed by atoms with E-state index in [4.69, 9.17) is 16.3 Å². The van der Waals surface area contributed by atoms with Crippen LogP contribution in [0.25, 0.3) is 0 Å². The molecule has 1 rings (SSSR count). The van der Waals surface area contributed by atoms with Gasteiger partial charge in [-0.05, 0) is 13.8 Å². The molecule has 0 spiro atoms. The van der Waals surface area contributed by atoms with E-state index in [9.17, 15) is 0 Å². The van der Waals surface area contributed by atoms with Gasteiger partial charge >= 0.3 is 23.1 Å². The Balaban J connectivity index is 0. The molecule has 0 fully saturated rings. The molecule has 0 heterocycles. The average molecular weight is 274 g/mol. The summed E-state index contributed by atoms with van der Waals surface area (Å²) in [6, 6.07) is 8.20. The third-order valence-electron chi connectivity index (χ3n) is 1.11. The third kappa shape index (κ3) is 6.60. The van der Waals surface area contributed by atoms with Crippen molar-refractivity contribution in [3.63, 3.8) is 0 Å². The van der Waals surface area contributed by atoms with E-state index in [-0.39, 0.29) is 46.1 Å². The summed E-state index contributed by atoms with van der Waals surface area (Å²) < 4.78 is 5.35. The monoisotopic (exact) mass is 272 g/mol. The van der Waals surface area contributed by atoms with Gasteiger partial charge in [0.1, 0.15) is 0 Å². The molecule has 0 unspecified atom stereocenters. The molecule has 0 aromatic heterocycles. The summed E-state index contributed by atoms with van der Waals surface area (Å²) in [5, 5.41) is 0.682. The molecule has 0 N–H and O–H groups in total. The maximum Gasteiger partial charge on any atom is 2.00 e. The van der Waals surface area contributed by atoms with Crippen LogP contribution in [0.1, 0.15) is 13.8 Å². The summed E-state index contributed by atoms with van der Waals surface area (Å²) in [4.78, 5) is 0. The zero-order valence-corrected chi connectivity index (χ0v) is 11.4.